The topological polar surface area (TPSA) is 100 Å². The molecule has 0 radical (unpaired) electrons. The van der Waals surface area contributed by atoms with Crippen LogP contribution >= 0.6 is 0 Å². The number of nitrogens with zero attached hydrogens (tertiary/aromatic N) is 2. The van der Waals surface area contributed by atoms with Crippen molar-refractivity contribution < 1.29 is 28.2 Å². The summed E-state index contributed by atoms with van der Waals surface area (Å²) in [6.07, 6.45) is 0.359. The predicted octanol–water partition coefficient (Wildman–Crippen LogP) is 0.708. The molecule has 2 heterocycles. The van der Waals surface area contributed by atoms with Crippen LogP contribution in [0, 0.1) is 17.7 Å². The normalized spacial score (nSPS) is 17.5. The van der Waals surface area contributed by atoms with Crippen LogP contribution in [0.2, 0.25) is 0 Å². The van der Waals surface area contributed by atoms with Crippen molar-refractivity contribution in [1.82, 2.24) is 15.5 Å². The van der Waals surface area contributed by atoms with E-state index in [-0.39, 0.29) is 19.0 Å². The first-order valence-electron chi connectivity index (χ1n) is 12.1. The van der Waals surface area contributed by atoms with Crippen molar-refractivity contribution in [2.75, 3.05) is 57.9 Å². The number of hydrogen-bond acceptors (Lipinski definition) is 6. The lowest BCUT2D eigenvalue weighted by Gasteiger charge is -2.24. The van der Waals surface area contributed by atoms with Crippen molar-refractivity contribution in [3.8, 4) is 17.6 Å². The average Bonchev–Trinajstić information content (AvgIpc) is 3.01. The first-order chi connectivity index (χ1) is 17.9. The smallest absolute Gasteiger partial charge is 0.310 e. The van der Waals surface area contributed by atoms with E-state index in [1.54, 1.807) is 31.3 Å². The molecule has 3 amide bonds. The summed E-state index contributed by atoms with van der Waals surface area (Å²) in [7, 11) is 1.58. The van der Waals surface area contributed by atoms with Gasteiger partial charge in [0.05, 0.1) is 25.4 Å². The van der Waals surface area contributed by atoms with Gasteiger partial charge in [-0.3, -0.25) is 19.3 Å². The van der Waals surface area contributed by atoms with E-state index >= 15 is 0 Å². The molecule has 0 bridgehead atoms. The lowest BCUT2D eigenvalue weighted by atomic mass is 10.1. The molecular weight excluding hydrogens is 479 g/mol. The van der Waals surface area contributed by atoms with Crippen molar-refractivity contribution in [1.29, 1.82) is 0 Å². The summed E-state index contributed by atoms with van der Waals surface area (Å²) in [6.45, 7) is 3.76. The molecule has 2 aliphatic heterocycles. The Kier molecular flexibility index (Phi) is 8.72. The summed E-state index contributed by atoms with van der Waals surface area (Å²) in [6, 6.07) is 10.3. The van der Waals surface area contributed by atoms with Gasteiger partial charge in [0.15, 0.2) is 0 Å². The summed E-state index contributed by atoms with van der Waals surface area (Å²) in [5.41, 5.74) is 1.95. The number of rotatable bonds is 5. The van der Waals surface area contributed by atoms with Crippen LogP contribution in [0.25, 0.3) is 0 Å². The largest absolute Gasteiger partial charge is 0.489 e. The van der Waals surface area contributed by atoms with Gasteiger partial charge in [-0.15, -0.1) is 0 Å². The van der Waals surface area contributed by atoms with Crippen LogP contribution in [0.15, 0.2) is 42.5 Å². The van der Waals surface area contributed by atoms with Gasteiger partial charge >= 0.3 is 11.8 Å². The molecule has 1 fully saturated rings. The van der Waals surface area contributed by atoms with Crippen LogP contribution in [0.5, 0.6) is 5.75 Å². The van der Waals surface area contributed by atoms with Gasteiger partial charge in [-0.05, 0) is 42.3 Å². The van der Waals surface area contributed by atoms with E-state index in [0.29, 0.717) is 43.2 Å². The fraction of sp³-hybridized carbons (Fsp3) is 0.370. The molecule has 2 aromatic carbocycles. The minimum atomic E-state index is -1.05. The Morgan fingerprint density at radius 3 is 2.73 bits per heavy atom. The maximum absolute atomic E-state index is 13.3. The molecule has 10 heteroatoms. The van der Waals surface area contributed by atoms with Gasteiger partial charge in [-0.1, -0.05) is 24.0 Å². The third-order valence-corrected chi connectivity index (χ3v) is 6.09. The fourth-order valence-corrected chi connectivity index (χ4v) is 4.01. The third-order valence-electron chi connectivity index (χ3n) is 6.09. The Bertz CT molecular complexity index is 1220. The summed E-state index contributed by atoms with van der Waals surface area (Å²) >= 11 is 0. The molecule has 9 nitrogen and oxygen atoms in total. The van der Waals surface area contributed by atoms with Gasteiger partial charge in [0.25, 0.3) is 5.91 Å². The van der Waals surface area contributed by atoms with E-state index in [4.69, 9.17) is 9.47 Å². The van der Waals surface area contributed by atoms with Crippen molar-refractivity contribution >= 4 is 23.4 Å². The van der Waals surface area contributed by atoms with Gasteiger partial charge in [0.1, 0.15) is 24.2 Å². The highest BCUT2D eigenvalue weighted by molar-refractivity contribution is 6.35. The van der Waals surface area contributed by atoms with Crippen LogP contribution < -0.4 is 20.3 Å². The highest BCUT2D eigenvalue weighted by Crippen LogP contribution is 2.31. The zero-order chi connectivity index (χ0) is 26.2. The Balaban J connectivity index is 1.32. The number of benzene rings is 2. The zero-order valence-corrected chi connectivity index (χ0v) is 20.6. The number of amides is 3. The van der Waals surface area contributed by atoms with Crippen LogP contribution in [-0.4, -0.2) is 81.7 Å². The van der Waals surface area contributed by atoms with E-state index in [9.17, 15) is 18.8 Å². The van der Waals surface area contributed by atoms with Crippen LogP contribution in [-0.2, 0) is 25.5 Å². The maximum atomic E-state index is 13.3. The van der Waals surface area contributed by atoms with Gasteiger partial charge in [-0.25, -0.2) is 4.39 Å². The predicted molar refractivity (Wildman–Crippen MR) is 135 cm³/mol. The van der Waals surface area contributed by atoms with Crippen LogP contribution in [0.1, 0.15) is 11.1 Å². The lowest BCUT2D eigenvalue weighted by Crippen LogP contribution is -2.53. The monoisotopic (exact) mass is 508 g/mol. The standard InChI is InChI=1S/C27H29FN4O5/c1-31-23-17-19(5-3-11-32-12-14-36-15-13-32)7-8-24(23)37-18-22(27(31)35)30-26(34)25(33)29-10-9-20-4-2-6-21(28)16-20/h2,4,6-8,16-17,22H,9-15,18H2,1H3,(H,29,33)(H,30,34)/t22-/m0/s1. The minimum Gasteiger partial charge on any atom is -0.489 e. The second-order valence-electron chi connectivity index (χ2n) is 8.74. The minimum absolute atomic E-state index is 0.124. The van der Waals surface area contributed by atoms with E-state index in [0.717, 1.165) is 18.7 Å². The molecule has 2 aliphatic rings. The number of carbonyl (C=O) groups is 3. The number of likely N-dealkylation sites (N-methyl/N-ethyl adjacent to an activating group) is 1. The molecule has 0 unspecified atom stereocenters. The number of carbonyl (C=O) groups excluding carboxylic acids is 3. The third kappa shape index (κ3) is 7.06. The summed E-state index contributed by atoms with van der Waals surface area (Å²) in [5.74, 6) is 4.13. The molecular formula is C27H29FN4O5. The second-order valence-corrected chi connectivity index (χ2v) is 8.74. The highest BCUT2D eigenvalue weighted by atomic mass is 19.1. The molecule has 4 rings (SSSR count). The van der Waals surface area contributed by atoms with Crippen molar-refractivity contribution in [3.05, 3.63) is 59.4 Å². The van der Waals surface area contributed by atoms with Crippen molar-refractivity contribution in [3.63, 3.8) is 0 Å². The highest BCUT2D eigenvalue weighted by Gasteiger charge is 2.32. The zero-order valence-electron chi connectivity index (χ0n) is 20.6. The summed E-state index contributed by atoms with van der Waals surface area (Å²) in [4.78, 5) is 41.3. The molecule has 0 aromatic heterocycles. The molecule has 0 spiro atoms. The van der Waals surface area contributed by atoms with E-state index in [2.05, 4.69) is 27.4 Å². The Labute approximate surface area is 214 Å². The SMILES string of the molecule is CN1C(=O)[C@@H](NC(=O)C(=O)NCCc2cccc(F)c2)COc2ccc(C#CCN3CCOCC3)cc21. The number of morpholine rings is 1. The Hall–Kier alpha value is -3.94. The molecule has 0 saturated carbocycles. The number of ether oxygens (including phenoxy) is 2. The van der Waals surface area contributed by atoms with E-state index in [1.165, 1.54) is 17.0 Å². The fourth-order valence-electron chi connectivity index (χ4n) is 4.01. The number of fused-ring (bicyclic) bond motifs is 1. The molecule has 37 heavy (non-hydrogen) atoms. The number of halogens is 1. The van der Waals surface area contributed by atoms with E-state index in [1.807, 2.05) is 6.07 Å². The number of hydrogen-bond donors (Lipinski definition) is 2. The van der Waals surface area contributed by atoms with Gasteiger partial charge in [0, 0.05) is 32.2 Å². The van der Waals surface area contributed by atoms with Crippen molar-refractivity contribution in [2.24, 2.45) is 0 Å². The lowest BCUT2D eigenvalue weighted by molar-refractivity contribution is -0.140. The van der Waals surface area contributed by atoms with E-state index < -0.39 is 23.8 Å². The number of nitrogens with one attached hydrogen (secondary N) is 2. The van der Waals surface area contributed by atoms with Crippen LogP contribution in [0.4, 0.5) is 10.1 Å². The molecule has 194 valence electrons. The average molecular weight is 509 g/mol. The molecule has 2 aromatic rings. The first-order valence-corrected chi connectivity index (χ1v) is 12.1. The molecule has 2 N–H and O–H groups in total. The Morgan fingerprint density at radius 1 is 1.14 bits per heavy atom. The van der Waals surface area contributed by atoms with Gasteiger partial charge < -0.3 is 25.0 Å². The molecule has 1 atom stereocenters. The first kappa shape index (κ1) is 26.1. The molecule has 0 aliphatic carbocycles. The summed E-state index contributed by atoms with van der Waals surface area (Å²) in [5, 5.41) is 4.93. The van der Waals surface area contributed by atoms with Crippen molar-refractivity contribution in [2.45, 2.75) is 12.5 Å². The summed E-state index contributed by atoms with van der Waals surface area (Å²) < 4.78 is 24.4. The second kappa shape index (κ2) is 12.3. The Morgan fingerprint density at radius 2 is 1.95 bits per heavy atom. The van der Waals surface area contributed by atoms with Gasteiger partial charge in [-0.2, -0.15) is 0 Å². The van der Waals surface area contributed by atoms with Crippen LogP contribution in [0.3, 0.4) is 0 Å². The molecule has 1 saturated heterocycles. The van der Waals surface area contributed by atoms with Gasteiger partial charge in [0.2, 0.25) is 0 Å². The number of anilines is 1. The quantitative estimate of drug-likeness (QED) is 0.456. The maximum Gasteiger partial charge on any atom is 0.310 e.